The molecular formula is C18H34N2O. The number of hydrogen-bond donors (Lipinski definition) is 1. The third-order valence-electron chi connectivity index (χ3n) is 4.84. The van der Waals surface area contributed by atoms with E-state index in [1.165, 1.54) is 44.9 Å². The highest BCUT2D eigenvalue weighted by Crippen LogP contribution is 2.23. The fourth-order valence-electron chi connectivity index (χ4n) is 3.52. The zero-order chi connectivity index (χ0) is 14.9. The molecule has 0 aromatic heterocycles. The number of allylic oxidation sites excluding steroid dienone is 1. The van der Waals surface area contributed by atoms with Gasteiger partial charge in [0.2, 0.25) is 0 Å². The topological polar surface area (TPSA) is 24.5 Å². The first-order valence-corrected chi connectivity index (χ1v) is 9.11. The van der Waals surface area contributed by atoms with E-state index in [0.717, 1.165) is 32.8 Å². The first-order chi connectivity index (χ1) is 10.3. The van der Waals surface area contributed by atoms with Gasteiger partial charge in [0.25, 0.3) is 0 Å². The van der Waals surface area contributed by atoms with E-state index in [1.807, 2.05) is 0 Å². The van der Waals surface area contributed by atoms with Crippen LogP contribution in [0.5, 0.6) is 0 Å². The molecule has 0 aromatic rings. The lowest BCUT2D eigenvalue weighted by molar-refractivity contribution is -0.0393. The van der Waals surface area contributed by atoms with E-state index in [4.69, 9.17) is 4.74 Å². The van der Waals surface area contributed by atoms with Gasteiger partial charge in [0.05, 0.1) is 18.8 Å². The molecule has 1 saturated heterocycles. The van der Waals surface area contributed by atoms with E-state index >= 15 is 0 Å². The van der Waals surface area contributed by atoms with Crippen LogP contribution in [-0.2, 0) is 4.74 Å². The van der Waals surface area contributed by atoms with Gasteiger partial charge in [0.15, 0.2) is 0 Å². The largest absolute Gasteiger partial charge is 0.374 e. The van der Waals surface area contributed by atoms with Gasteiger partial charge in [0.1, 0.15) is 0 Å². The number of ether oxygens (including phenoxy) is 1. The second kappa shape index (κ2) is 9.60. The van der Waals surface area contributed by atoms with Crippen LogP contribution in [0, 0.1) is 0 Å². The van der Waals surface area contributed by atoms with Crippen LogP contribution in [0.2, 0.25) is 0 Å². The van der Waals surface area contributed by atoms with E-state index < -0.39 is 0 Å². The number of rotatable bonds is 6. The molecule has 0 bridgehead atoms. The lowest BCUT2D eigenvalue weighted by Gasteiger charge is -2.38. The Hall–Kier alpha value is -0.380. The monoisotopic (exact) mass is 294 g/mol. The van der Waals surface area contributed by atoms with Crippen molar-refractivity contribution < 1.29 is 4.74 Å². The van der Waals surface area contributed by atoms with Crippen molar-refractivity contribution >= 4 is 0 Å². The molecule has 0 radical (unpaired) electrons. The Morgan fingerprint density at radius 1 is 1.29 bits per heavy atom. The molecule has 2 aliphatic rings. The van der Waals surface area contributed by atoms with Crippen molar-refractivity contribution in [2.75, 3.05) is 32.8 Å². The maximum absolute atomic E-state index is 6.15. The van der Waals surface area contributed by atoms with Crippen LogP contribution >= 0.6 is 0 Å². The maximum atomic E-state index is 6.15. The highest BCUT2D eigenvalue weighted by molar-refractivity contribution is 5.15. The second-order valence-corrected chi connectivity index (χ2v) is 6.47. The van der Waals surface area contributed by atoms with Gasteiger partial charge < -0.3 is 10.1 Å². The van der Waals surface area contributed by atoms with Crippen LogP contribution in [0.15, 0.2) is 11.6 Å². The zero-order valence-corrected chi connectivity index (χ0v) is 14.1. The Bertz CT molecular complexity index is 316. The molecule has 3 heteroatoms. The summed E-state index contributed by atoms with van der Waals surface area (Å²) in [5.74, 6) is 0. The molecule has 0 saturated carbocycles. The third-order valence-corrected chi connectivity index (χ3v) is 4.84. The number of hydrogen-bond acceptors (Lipinski definition) is 3. The summed E-state index contributed by atoms with van der Waals surface area (Å²) in [5, 5.41) is 3.78. The molecule has 0 spiro atoms. The quantitative estimate of drug-likeness (QED) is 0.760. The highest BCUT2D eigenvalue weighted by Gasteiger charge is 2.29. The molecule has 0 aromatic carbocycles. The summed E-state index contributed by atoms with van der Waals surface area (Å²) >= 11 is 0. The van der Waals surface area contributed by atoms with Crippen molar-refractivity contribution in [1.29, 1.82) is 0 Å². The molecule has 2 rings (SSSR count). The molecule has 122 valence electrons. The van der Waals surface area contributed by atoms with Crippen molar-refractivity contribution in [1.82, 2.24) is 10.2 Å². The molecule has 1 aliphatic heterocycles. The summed E-state index contributed by atoms with van der Waals surface area (Å²) in [6, 6.07) is 0.428. The average molecular weight is 294 g/mol. The van der Waals surface area contributed by atoms with Gasteiger partial charge >= 0.3 is 0 Å². The molecule has 1 fully saturated rings. The maximum Gasteiger partial charge on any atom is 0.0893 e. The minimum absolute atomic E-state index is 0.330. The lowest BCUT2D eigenvalue weighted by Crippen LogP contribution is -2.53. The van der Waals surface area contributed by atoms with Crippen LogP contribution in [0.25, 0.3) is 0 Å². The Kier molecular flexibility index (Phi) is 7.76. The van der Waals surface area contributed by atoms with Crippen LogP contribution < -0.4 is 5.32 Å². The first-order valence-electron chi connectivity index (χ1n) is 9.11. The second-order valence-electron chi connectivity index (χ2n) is 6.47. The van der Waals surface area contributed by atoms with E-state index in [0.29, 0.717) is 12.1 Å². The van der Waals surface area contributed by atoms with Gasteiger partial charge in [0, 0.05) is 13.1 Å². The summed E-state index contributed by atoms with van der Waals surface area (Å²) in [4.78, 5) is 2.53. The molecule has 21 heavy (non-hydrogen) atoms. The predicted octanol–water partition coefficient (Wildman–Crippen LogP) is 3.36. The fraction of sp³-hybridized carbons (Fsp3) is 0.889. The van der Waals surface area contributed by atoms with Gasteiger partial charge in [-0.2, -0.15) is 0 Å². The Labute approximate surface area is 131 Å². The molecule has 2 atom stereocenters. The van der Waals surface area contributed by atoms with Gasteiger partial charge in [-0.3, -0.25) is 4.90 Å². The van der Waals surface area contributed by atoms with Crippen LogP contribution in [0.4, 0.5) is 0 Å². The summed E-state index contributed by atoms with van der Waals surface area (Å²) < 4.78 is 6.15. The van der Waals surface area contributed by atoms with Crippen molar-refractivity contribution in [2.45, 2.75) is 70.9 Å². The third kappa shape index (κ3) is 5.39. The molecule has 2 unspecified atom stereocenters. The normalized spacial score (nSPS) is 26.8. The van der Waals surface area contributed by atoms with E-state index in [1.54, 1.807) is 5.57 Å². The summed E-state index contributed by atoms with van der Waals surface area (Å²) in [6.45, 7) is 9.79. The summed E-state index contributed by atoms with van der Waals surface area (Å²) in [6.07, 6.45) is 12.0. The average Bonchev–Trinajstić information content (AvgIpc) is 2.49. The minimum atomic E-state index is 0.330. The minimum Gasteiger partial charge on any atom is -0.374 e. The molecule has 0 amide bonds. The number of likely N-dealkylation sites (N-methyl/N-ethyl adjacent to an activating group) is 1. The summed E-state index contributed by atoms with van der Waals surface area (Å²) in [5.41, 5.74) is 1.62. The standard InChI is InChI=1S/C18H34N2O/c1-3-12-19-18(16-10-8-6-5-7-9-11-16)17-15-20(4-2)13-14-21-17/h10,17-19H,3-9,11-15H2,1-2H3. The molecule has 1 aliphatic carbocycles. The summed E-state index contributed by atoms with van der Waals surface area (Å²) in [7, 11) is 0. The van der Waals surface area contributed by atoms with Gasteiger partial charge in [-0.1, -0.05) is 38.3 Å². The van der Waals surface area contributed by atoms with Gasteiger partial charge in [-0.05, 0) is 45.2 Å². The van der Waals surface area contributed by atoms with Crippen molar-refractivity contribution in [3.63, 3.8) is 0 Å². The van der Waals surface area contributed by atoms with Gasteiger partial charge in [-0.25, -0.2) is 0 Å². The van der Waals surface area contributed by atoms with Crippen molar-refractivity contribution in [3.8, 4) is 0 Å². The lowest BCUT2D eigenvalue weighted by atomic mass is 9.91. The SMILES string of the molecule is CCCNC(C1=CCCCCCC1)C1CN(CC)CCO1. The molecular weight excluding hydrogens is 260 g/mol. The first kappa shape index (κ1) is 17.0. The Morgan fingerprint density at radius 2 is 2.14 bits per heavy atom. The van der Waals surface area contributed by atoms with Crippen LogP contribution in [0.3, 0.4) is 0 Å². The Morgan fingerprint density at radius 3 is 2.95 bits per heavy atom. The van der Waals surface area contributed by atoms with Crippen LogP contribution in [-0.4, -0.2) is 49.8 Å². The highest BCUT2D eigenvalue weighted by atomic mass is 16.5. The molecule has 3 nitrogen and oxygen atoms in total. The Balaban J connectivity index is 2.04. The zero-order valence-electron chi connectivity index (χ0n) is 14.1. The molecule has 1 heterocycles. The fourth-order valence-corrected chi connectivity index (χ4v) is 3.52. The predicted molar refractivity (Wildman–Crippen MR) is 89.7 cm³/mol. The van der Waals surface area contributed by atoms with E-state index in [2.05, 4.69) is 30.1 Å². The number of nitrogens with zero attached hydrogens (tertiary/aromatic N) is 1. The number of nitrogens with one attached hydrogen (secondary N) is 1. The van der Waals surface area contributed by atoms with Crippen LogP contribution in [0.1, 0.15) is 58.8 Å². The smallest absolute Gasteiger partial charge is 0.0893 e. The van der Waals surface area contributed by atoms with Gasteiger partial charge in [-0.15, -0.1) is 0 Å². The van der Waals surface area contributed by atoms with Crippen molar-refractivity contribution in [2.24, 2.45) is 0 Å². The number of morpholine rings is 1. The van der Waals surface area contributed by atoms with E-state index in [-0.39, 0.29) is 0 Å². The van der Waals surface area contributed by atoms with Crippen molar-refractivity contribution in [3.05, 3.63) is 11.6 Å². The molecule has 1 N–H and O–H groups in total. The van der Waals surface area contributed by atoms with E-state index in [9.17, 15) is 0 Å².